The first-order valence-corrected chi connectivity index (χ1v) is 6.15. The van der Waals surface area contributed by atoms with Crippen LogP contribution in [0.4, 0.5) is 0 Å². The highest BCUT2D eigenvalue weighted by Crippen LogP contribution is 2.18. The van der Waals surface area contributed by atoms with E-state index in [9.17, 15) is 8.42 Å². The van der Waals surface area contributed by atoms with Crippen molar-refractivity contribution in [3.05, 3.63) is 0 Å². The van der Waals surface area contributed by atoms with Gasteiger partial charge in [-0.1, -0.05) is 0 Å². The molecule has 0 aromatic carbocycles. The lowest BCUT2D eigenvalue weighted by atomic mass is 10.0. The molecule has 1 rings (SSSR count). The molecule has 2 N–H and O–H groups in total. The Balaban J connectivity index is 2.52. The number of hydrogen-bond acceptors (Lipinski definition) is 4. The predicted molar refractivity (Wildman–Crippen MR) is 49.3 cm³/mol. The van der Waals surface area contributed by atoms with E-state index in [0.29, 0.717) is 19.7 Å². The lowest BCUT2D eigenvalue weighted by Gasteiger charge is -2.30. The van der Waals surface area contributed by atoms with Crippen molar-refractivity contribution in [2.24, 2.45) is 11.8 Å². The summed E-state index contributed by atoms with van der Waals surface area (Å²) in [5.41, 5.74) is 0. The summed E-state index contributed by atoms with van der Waals surface area (Å²) < 4.78 is 23.9. The Morgan fingerprint density at radius 2 is 2.31 bits per heavy atom. The molecule has 1 heterocycles. The van der Waals surface area contributed by atoms with Gasteiger partial charge in [-0.15, -0.1) is 0 Å². The average Bonchev–Trinajstić information content (AvgIpc) is 2.04. The maximum absolute atomic E-state index is 11.2. The van der Waals surface area contributed by atoms with Crippen molar-refractivity contribution in [3.8, 4) is 0 Å². The molecule has 1 aliphatic heterocycles. The number of nitrogens with two attached hydrogens (primary N) is 1. The van der Waals surface area contributed by atoms with Gasteiger partial charge in [0.1, 0.15) is 0 Å². The van der Waals surface area contributed by atoms with Crippen LogP contribution in [0.1, 0.15) is 12.8 Å². The molecule has 1 fully saturated rings. The van der Waals surface area contributed by atoms with Gasteiger partial charge in [-0.25, -0.2) is 18.6 Å². The Morgan fingerprint density at radius 3 is 2.85 bits per heavy atom. The number of nitrogens with zero attached hydrogens (tertiary/aromatic N) is 1. The van der Waals surface area contributed by atoms with Crippen molar-refractivity contribution in [3.63, 3.8) is 0 Å². The van der Waals surface area contributed by atoms with Gasteiger partial charge in [-0.05, 0) is 18.8 Å². The zero-order chi connectivity index (χ0) is 9.90. The predicted octanol–water partition coefficient (Wildman–Crippen LogP) is -0.452. The molecule has 0 saturated carbocycles. The van der Waals surface area contributed by atoms with E-state index in [1.807, 2.05) is 0 Å². The van der Waals surface area contributed by atoms with Crippen molar-refractivity contribution >= 4 is 10.0 Å². The number of sulfonamides is 1. The van der Waals surface area contributed by atoms with Crippen LogP contribution >= 0.6 is 0 Å². The second-order valence-electron chi connectivity index (χ2n) is 3.46. The molecule has 13 heavy (non-hydrogen) atoms. The van der Waals surface area contributed by atoms with Gasteiger partial charge in [0, 0.05) is 13.1 Å². The molecule has 0 aromatic rings. The van der Waals surface area contributed by atoms with E-state index >= 15 is 0 Å². The third-order valence-electron chi connectivity index (χ3n) is 2.28. The molecule has 0 aromatic heterocycles. The molecule has 0 amide bonds. The summed E-state index contributed by atoms with van der Waals surface area (Å²) in [6.07, 6.45) is 3.11. The smallest absolute Gasteiger partial charge is 0.211 e. The normalized spacial score (nSPS) is 26.2. The van der Waals surface area contributed by atoms with Crippen molar-refractivity contribution < 1.29 is 13.3 Å². The summed E-state index contributed by atoms with van der Waals surface area (Å²) in [4.78, 5) is 4.52. The molecule has 0 radical (unpaired) electrons. The van der Waals surface area contributed by atoms with Crippen LogP contribution in [0.15, 0.2) is 0 Å². The minimum Gasteiger partial charge on any atom is -0.304 e. The molecule has 0 bridgehead atoms. The highest BCUT2D eigenvalue weighted by Gasteiger charge is 2.25. The van der Waals surface area contributed by atoms with E-state index in [1.165, 1.54) is 10.6 Å². The largest absolute Gasteiger partial charge is 0.304 e. The lowest BCUT2D eigenvalue weighted by molar-refractivity contribution is 0.0788. The molecule has 1 unspecified atom stereocenters. The Hall–Kier alpha value is -0.170. The Kier molecular flexibility index (Phi) is 3.66. The fraction of sp³-hybridized carbons (Fsp3) is 1.00. The van der Waals surface area contributed by atoms with Crippen LogP contribution in [-0.2, 0) is 14.9 Å². The molecule has 1 aliphatic rings. The minimum atomic E-state index is -3.04. The number of rotatable bonds is 3. The summed E-state index contributed by atoms with van der Waals surface area (Å²) in [6, 6.07) is 0. The first kappa shape index (κ1) is 10.9. The first-order chi connectivity index (χ1) is 6.04. The molecule has 1 saturated heterocycles. The van der Waals surface area contributed by atoms with Crippen LogP contribution in [0.25, 0.3) is 0 Å². The molecule has 5 nitrogen and oxygen atoms in total. The molecular formula is C7H16N2O3S. The number of hydrogen-bond donors (Lipinski definition) is 1. The summed E-state index contributed by atoms with van der Waals surface area (Å²) in [5, 5.41) is 0. The standard InChI is InChI=1S/C7H16N2O3S/c1-13(10,11)9-4-2-3-7(5-9)6-12-8/h7H,2-6,8H2,1H3. The van der Waals surface area contributed by atoms with Crippen LogP contribution in [0.2, 0.25) is 0 Å². The van der Waals surface area contributed by atoms with E-state index in [2.05, 4.69) is 4.84 Å². The van der Waals surface area contributed by atoms with Gasteiger partial charge in [0.15, 0.2) is 0 Å². The van der Waals surface area contributed by atoms with Crippen LogP contribution in [0.3, 0.4) is 0 Å². The van der Waals surface area contributed by atoms with Gasteiger partial charge in [-0.2, -0.15) is 0 Å². The van der Waals surface area contributed by atoms with Crippen molar-refractivity contribution in [1.82, 2.24) is 4.31 Å². The molecular weight excluding hydrogens is 192 g/mol. The Bertz CT molecular complexity index is 250. The van der Waals surface area contributed by atoms with E-state index < -0.39 is 10.0 Å². The quantitative estimate of drug-likeness (QED) is 0.637. The highest BCUT2D eigenvalue weighted by atomic mass is 32.2. The van der Waals surface area contributed by atoms with Crippen LogP contribution in [0.5, 0.6) is 0 Å². The SMILES string of the molecule is CS(=O)(=O)N1CCCC(CON)C1. The second-order valence-corrected chi connectivity index (χ2v) is 5.45. The first-order valence-electron chi connectivity index (χ1n) is 4.31. The van der Waals surface area contributed by atoms with Crippen molar-refractivity contribution in [1.29, 1.82) is 0 Å². The number of piperidine rings is 1. The third-order valence-corrected chi connectivity index (χ3v) is 3.55. The summed E-state index contributed by atoms with van der Waals surface area (Å²) in [7, 11) is -3.04. The van der Waals surface area contributed by atoms with E-state index in [1.54, 1.807) is 0 Å². The summed E-state index contributed by atoms with van der Waals surface area (Å²) in [5.74, 6) is 5.19. The molecule has 6 heteroatoms. The molecule has 0 spiro atoms. The fourth-order valence-corrected chi connectivity index (χ4v) is 2.54. The van der Waals surface area contributed by atoms with Crippen LogP contribution in [0, 0.1) is 5.92 Å². The van der Waals surface area contributed by atoms with Crippen molar-refractivity contribution in [2.75, 3.05) is 26.0 Å². The second kappa shape index (κ2) is 4.36. The lowest BCUT2D eigenvalue weighted by Crippen LogP contribution is -2.40. The van der Waals surface area contributed by atoms with Crippen LogP contribution in [-0.4, -0.2) is 38.7 Å². The molecule has 78 valence electrons. The van der Waals surface area contributed by atoms with Gasteiger partial charge < -0.3 is 4.84 Å². The van der Waals surface area contributed by atoms with Crippen molar-refractivity contribution in [2.45, 2.75) is 12.8 Å². The summed E-state index contributed by atoms with van der Waals surface area (Å²) in [6.45, 7) is 1.60. The maximum atomic E-state index is 11.2. The van der Waals surface area contributed by atoms with E-state index in [0.717, 1.165) is 12.8 Å². The average molecular weight is 208 g/mol. The van der Waals surface area contributed by atoms with Gasteiger partial charge in [-0.3, -0.25) is 0 Å². The van der Waals surface area contributed by atoms with Gasteiger partial charge >= 0.3 is 0 Å². The van der Waals surface area contributed by atoms with Gasteiger partial charge in [0.25, 0.3) is 0 Å². The summed E-state index contributed by atoms with van der Waals surface area (Å²) >= 11 is 0. The topological polar surface area (TPSA) is 72.6 Å². The zero-order valence-electron chi connectivity index (χ0n) is 7.77. The third kappa shape index (κ3) is 3.22. The van der Waals surface area contributed by atoms with Gasteiger partial charge in [0.2, 0.25) is 10.0 Å². The molecule has 1 atom stereocenters. The molecule has 0 aliphatic carbocycles. The maximum Gasteiger partial charge on any atom is 0.211 e. The van der Waals surface area contributed by atoms with Crippen LogP contribution < -0.4 is 5.90 Å². The fourth-order valence-electron chi connectivity index (χ4n) is 1.60. The minimum absolute atomic E-state index is 0.244. The van der Waals surface area contributed by atoms with E-state index in [-0.39, 0.29) is 5.92 Å². The Morgan fingerprint density at radius 1 is 1.62 bits per heavy atom. The Labute approximate surface area is 78.9 Å². The van der Waals surface area contributed by atoms with E-state index in [4.69, 9.17) is 5.90 Å². The highest BCUT2D eigenvalue weighted by molar-refractivity contribution is 7.88. The zero-order valence-corrected chi connectivity index (χ0v) is 8.59. The monoisotopic (exact) mass is 208 g/mol. The van der Waals surface area contributed by atoms with Gasteiger partial charge in [0.05, 0.1) is 12.9 Å².